The smallest absolute Gasteiger partial charge is 0.243 e. The lowest BCUT2D eigenvalue weighted by atomic mass is 9.97. The van der Waals surface area contributed by atoms with Crippen molar-refractivity contribution in [3.63, 3.8) is 0 Å². The number of hydrogen-bond donors (Lipinski definition) is 15. The van der Waals surface area contributed by atoms with E-state index in [4.69, 9.17) is 34.4 Å². The van der Waals surface area contributed by atoms with Gasteiger partial charge in [0.1, 0.15) is 54.4 Å². The maximum atomic E-state index is 14.4. The monoisotopic (exact) mass is 1120 g/mol. The molecule has 0 saturated carbocycles. The number of unbranched alkanes of at least 4 members (excludes halogenated alkanes) is 1. The molecule has 0 aromatic rings. The molecule has 27 nitrogen and oxygen atoms in total. The van der Waals surface area contributed by atoms with Crippen LogP contribution < -0.4 is 82.3 Å². The highest BCUT2D eigenvalue weighted by Gasteiger charge is 2.36. The van der Waals surface area contributed by atoms with E-state index in [1.54, 1.807) is 13.8 Å². The van der Waals surface area contributed by atoms with E-state index in [-0.39, 0.29) is 107 Å². The van der Waals surface area contributed by atoms with Gasteiger partial charge in [-0.15, -0.1) is 0 Å². The molecule has 0 radical (unpaired) electrons. The van der Waals surface area contributed by atoms with Crippen LogP contribution in [-0.2, 0) is 47.9 Å². The van der Waals surface area contributed by atoms with E-state index in [0.717, 1.165) is 0 Å². The zero-order valence-corrected chi connectivity index (χ0v) is 48.9. The van der Waals surface area contributed by atoms with Crippen LogP contribution in [0.25, 0.3) is 0 Å². The van der Waals surface area contributed by atoms with Gasteiger partial charge in [0.25, 0.3) is 0 Å². The number of guanidine groups is 2. The average molecular weight is 1120 g/mol. The number of nitrogens with zero attached hydrogens (tertiary/aromatic N) is 2. The first kappa shape index (κ1) is 72.2. The molecule has 0 saturated heterocycles. The minimum Gasteiger partial charge on any atom is -0.370 e. The molecule has 0 bridgehead atoms. The van der Waals surface area contributed by atoms with Crippen LogP contribution in [0.1, 0.15) is 154 Å². The summed E-state index contributed by atoms with van der Waals surface area (Å²) in [5.41, 5.74) is 33.1. The first-order valence-electron chi connectivity index (χ1n) is 27.6. The van der Waals surface area contributed by atoms with Gasteiger partial charge in [-0.3, -0.25) is 57.9 Å². The van der Waals surface area contributed by atoms with Crippen molar-refractivity contribution in [3.8, 4) is 0 Å². The van der Waals surface area contributed by atoms with Crippen molar-refractivity contribution < 1.29 is 47.9 Å². The Balaban J connectivity index is 6.92. The Kier molecular flexibility index (Phi) is 34.7. The van der Waals surface area contributed by atoms with Crippen LogP contribution in [0.5, 0.6) is 0 Å². The van der Waals surface area contributed by atoms with Gasteiger partial charge in [0.2, 0.25) is 59.1 Å². The minimum absolute atomic E-state index is 0.0307. The molecular formula is C52H99N17O10. The Bertz CT molecular complexity index is 2040. The number of aliphatic imine (C=N–C) groups is 2. The predicted molar refractivity (Wildman–Crippen MR) is 303 cm³/mol. The number of carbonyl (C=O) groups excluding carboxylic acids is 10. The van der Waals surface area contributed by atoms with Gasteiger partial charge in [-0.1, -0.05) is 69.2 Å². The number of hydrogen-bond acceptors (Lipinski definition) is 13. The molecule has 452 valence electrons. The fourth-order valence-corrected chi connectivity index (χ4v) is 8.16. The molecule has 0 aliphatic rings. The molecule has 0 spiro atoms. The second-order valence-electron chi connectivity index (χ2n) is 22.2. The highest BCUT2D eigenvalue weighted by Crippen LogP contribution is 2.15. The van der Waals surface area contributed by atoms with E-state index < -0.39 is 119 Å². The van der Waals surface area contributed by atoms with E-state index >= 15 is 0 Å². The fourth-order valence-electron chi connectivity index (χ4n) is 8.16. The Morgan fingerprint density at radius 3 is 0.962 bits per heavy atom. The molecule has 0 rings (SSSR count). The third-order valence-electron chi connectivity index (χ3n) is 12.2. The molecule has 0 aromatic carbocycles. The SMILES string of the molecule is CC(=O)N[C@@H](CC(C)C)C(=O)N[C@@H](CC(C)C)C(=O)N[C@@H](CC(C)C)C(=O)N[C@@H](CC(C)C)C(=O)N[C@@H](CCCN=C(N)N)C(=O)N[C@H](C(=O)N[C@@H](CCCCN)C(=O)N[C@@H](CCCN=C(N)N)C(=O)N[C@@H](C)C(N)=O)C(C)C. The zero-order chi connectivity index (χ0) is 60.7. The number of amides is 10. The highest BCUT2D eigenvalue weighted by molar-refractivity contribution is 5.98. The average Bonchev–Trinajstić information content (AvgIpc) is 3.32. The molecule has 0 unspecified atom stereocenters. The molecule has 79 heavy (non-hydrogen) atoms. The Labute approximate surface area is 467 Å². The van der Waals surface area contributed by atoms with Gasteiger partial charge in [-0.05, 0) is 114 Å². The lowest BCUT2D eigenvalue weighted by Crippen LogP contribution is -2.61. The molecule has 9 atom stereocenters. The van der Waals surface area contributed by atoms with Crippen molar-refractivity contribution in [2.75, 3.05) is 19.6 Å². The van der Waals surface area contributed by atoms with Gasteiger partial charge in [0, 0.05) is 20.0 Å². The summed E-state index contributed by atoms with van der Waals surface area (Å²) in [6.45, 7) is 21.3. The molecule has 0 aliphatic carbocycles. The molecule has 0 heterocycles. The number of carbonyl (C=O) groups is 10. The van der Waals surface area contributed by atoms with E-state index in [1.807, 2.05) is 55.4 Å². The van der Waals surface area contributed by atoms with Crippen LogP contribution in [0, 0.1) is 29.6 Å². The number of nitrogens with two attached hydrogens (primary N) is 6. The van der Waals surface area contributed by atoms with Crippen molar-refractivity contribution in [1.29, 1.82) is 0 Å². The van der Waals surface area contributed by atoms with Crippen LogP contribution >= 0.6 is 0 Å². The second-order valence-corrected chi connectivity index (χ2v) is 22.2. The second kappa shape index (κ2) is 37.9. The molecule has 0 aliphatic heterocycles. The van der Waals surface area contributed by atoms with Gasteiger partial charge in [-0.25, -0.2) is 0 Å². The largest absolute Gasteiger partial charge is 0.370 e. The van der Waals surface area contributed by atoms with E-state index in [9.17, 15) is 47.9 Å². The van der Waals surface area contributed by atoms with Crippen LogP contribution in [-0.4, -0.2) is 145 Å². The Hall–Kier alpha value is -6.80. The van der Waals surface area contributed by atoms with Gasteiger partial charge < -0.3 is 82.3 Å². The third kappa shape index (κ3) is 31.4. The first-order valence-corrected chi connectivity index (χ1v) is 27.6. The summed E-state index contributed by atoms with van der Waals surface area (Å²) in [7, 11) is 0. The van der Waals surface area contributed by atoms with E-state index in [0.29, 0.717) is 19.3 Å². The van der Waals surface area contributed by atoms with Crippen LogP contribution in [0.2, 0.25) is 0 Å². The van der Waals surface area contributed by atoms with Gasteiger partial charge in [0.15, 0.2) is 11.9 Å². The Morgan fingerprint density at radius 1 is 0.367 bits per heavy atom. The quantitative estimate of drug-likeness (QED) is 0.0179. The summed E-state index contributed by atoms with van der Waals surface area (Å²) < 4.78 is 0. The summed E-state index contributed by atoms with van der Waals surface area (Å²) >= 11 is 0. The summed E-state index contributed by atoms with van der Waals surface area (Å²) in [6, 6.07) is -10.5. The highest BCUT2D eigenvalue weighted by atomic mass is 16.2. The van der Waals surface area contributed by atoms with Crippen LogP contribution in [0.3, 0.4) is 0 Å². The normalized spacial score (nSPS) is 14.7. The van der Waals surface area contributed by atoms with Gasteiger partial charge in [-0.2, -0.15) is 0 Å². The van der Waals surface area contributed by atoms with Crippen molar-refractivity contribution in [3.05, 3.63) is 0 Å². The standard InChI is InChI=1S/C52H99N17O10/c1-27(2)23-37(62-33(12)70)46(75)66-39(25-29(5)6)48(77)68-40(26-30(7)8)49(78)67-38(24-28(3)4)47(76)64-36(19-16-22-60-52(57)58)45(74)69-41(31(9)10)50(79)65-34(17-13-14-20-53)44(73)63-35(18-15-21-59-51(55)56)43(72)61-32(11)42(54)71/h27-32,34-41H,13-26,53H2,1-12H3,(H2,54,71)(H,61,72)(H,62,70)(H,63,73)(H,64,76)(H,65,79)(H,66,75)(H,67,78)(H,68,77)(H,69,74)(H4,55,56,59)(H4,57,58,60)/t32-,34-,35-,36-,37-,38-,39-,40-,41-/m0/s1. The van der Waals surface area contributed by atoms with Crippen molar-refractivity contribution >= 4 is 71.0 Å². The topological polar surface area (TPSA) is 460 Å². The third-order valence-corrected chi connectivity index (χ3v) is 12.2. The summed E-state index contributed by atoms with van der Waals surface area (Å²) in [6.07, 6.45) is 2.13. The van der Waals surface area contributed by atoms with E-state index in [1.165, 1.54) is 13.8 Å². The Morgan fingerprint density at radius 2 is 0.658 bits per heavy atom. The molecule has 0 fully saturated rings. The van der Waals surface area contributed by atoms with Crippen molar-refractivity contribution in [1.82, 2.24) is 47.9 Å². The molecule has 27 heteroatoms. The van der Waals surface area contributed by atoms with Crippen molar-refractivity contribution in [2.24, 2.45) is 74.0 Å². The number of primary amides is 1. The van der Waals surface area contributed by atoms with Crippen molar-refractivity contribution in [2.45, 2.75) is 208 Å². The van der Waals surface area contributed by atoms with Crippen LogP contribution in [0.4, 0.5) is 0 Å². The summed E-state index contributed by atoms with van der Waals surface area (Å²) in [4.78, 5) is 144. The van der Waals surface area contributed by atoms with E-state index in [2.05, 4.69) is 57.8 Å². The lowest BCUT2D eigenvalue weighted by molar-refractivity contribution is -0.136. The molecule has 21 N–H and O–H groups in total. The minimum atomic E-state index is -1.32. The first-order chi connectivity index (χ1) is 36.8. The van der Waals surface area contributed by atoms with Gasteiger partial charge >= 0.3 is 0 Å². The zero-order valence-electron chi connectivity index (χ0n) is 48.9. The number of nitrogens with one attached hydrogen (secondary N) is 9. The number of rotatable bonds is 39. The molecular weight excluding hydrogens is 1020 g/mol. The lowest BCUT2D eigenvalue weighted by Gasteiger charge is -2.30. The maximum Gasteiger partial charge on any atom is 0.243 e. The fraction of sp³-hybridized carbons (Fsp3) is 0.769. The van der Waals surface area contributed by atoms with Crippen LogP contribution in [0.15, 0.2) is 9.98 Å². The molecule has 0 aromatic heterocycles. The predicted octanol–water partition coefficient (Wildman–Crippen LogP) is -2.05. The maximum absolute atomic E-state index is 14.4. The summed E-state index contributed by atoms with van der Waals surface area (Å²) in [5.74, 6) is -8.17. The van der Waals surface area contributed by atoms with Gasteiger partial charge in [0.05, 0.1) is 0 Å². The molecule has 10 amide bonds. The summed E-state index contributed by atoms with van der Waals surface area (Å²) in [5, 5.41) is 24.4.